The first kappa shape index (κ1) is 23.3. The predicted octanol–water partition coefficient (Wildman–Crippen LogP) is 4.33. The number of benzene rings is 2. The fourth-order valence-electron chi connectivity index (χ4n) is 2.75. The van der Waals surface area contributed by atoms with Gasteiger partial charge in [0.1, 0.15) is 5.75 Å². The lowest BCUT2D eigenvalue weighted by Crippen LogP contribution is -2.34. The summed E-state index contributed by atoms with van der Waals surface area (Å²) >= 11 is 5.27. The number of amides is 2. The predicted molar refractivity (Wildman–Crippen MR) is 124 cm³/mol. The van der Waals surface area contributed by atoms with Crippen LogP contribution in [0.4, 0.5) is 5.69 Å². The highest BCUT2D eigenvalue weighted by Gasteiger charge is 2.14. The maximum absolute atomic E-state index is 12.5. The molecule has 2 amide bonds. The van der Waals surface area contributed by atoms with Crippen molar-refractivity contribution in [3.8, 4) is 5.75 Å². The summed E-state index contributed by atoms with van der Waals surface area (Å²) in [5.74, 6) is 0.649. The van der Waals surface area contributed by atoms with Crippen molar-refractivity contribution >= 4 is 34.8 Å². The van der Waals surface area contributed by atoms with Crippen LogP contribution < -0.4 is 15.4 Å². The number of carbonyl (C=O) groups excluding carboxylic acids is 2. The molecular weight excluding hydrogens is 398 g/mol. The molecule has 0 aliphatic heterocycles. The summed E-state index contributed by atoms with van der Waals surface area (Å²) in [5, 5.41) is 5.78. The minimum absolute atomic E-state index is 0.0446. The van der Waals surface area contributed by atoms with Crippen LogP contribution in [0.15, 0.2) is 48.5 Å². The van der Waals surface area contributed by atoms with Crippen LogP contribution in [0.5, 0.6) is 5.75 Å². The fourth-order valence-corrected chi connectivity index (χ4v) is 2.96. The Morgan fingerprint density at radius 1 is 1.03 bits per heavy atom. The zero-order valence-corrected chi connectivity index (χ0v) is 18.7. The fraction of sp³-hybridized carbons (Fsp3) is 0.348. The molecule has 0 bridgehead atoms. The summed E-state index contributed by atoms with van der Waals surface area (Å²) in [4.78, 5) is 26.8. The van der Waals surface area contributed by atoms with E-state index in [1.54, 1.807) is 47.4 Å². The molecule has 6 nitrogen and oxygen atoms in total. The number of anilines is 1. The molecule has 0 aromatic heterocycles. The third-order valence-corrected chi connectivity index (χ3v) is 4.53. The van der Waals surface area contributed by atoms with E-state index in [1.165, 1.54) is 0 Å². The molecule has 2 N–H and O–H groups in total. The zero-order chi connectivity index (χ0) is 22.1. The van der Waals surface area contributed by atoms with Crippen LogP contribution in [0.2, 0.25) is 0 Å². The van der Waals surface area contributed by atoms with Gasteiger partial charge in [-0.3, -0.25) is 14.9 Å². The average molecular weight is 428 g/mol. The highest BCUT2D eigenvalue weighted by atomic mass is 32.1. The standard InChI is InChI=1S/C23H29N3O3S/c1-5-26(6-2)22(28)18-10-7-11-19(13-18)24-23(30)25-21(27)17-9-8-12-20(14-17)29-15-16(3)4/h7-14,16H,5-6,15H2,1-4H3,(H2,24,25,27,30). The van der Waals surface area contributed by atoms with Crippen LogP contribution in [0.1, 0.15) is 48.4 Å². The molecule has 0 radical (unpaired) electrons. The largest absolute Gasteiger partial charge is 0.493 e. The van der Waals surface area contributed by atoms with E-state index in [0.717, 1.165) is 0 Å². The normalized spacial score (nSPS) is 10.4. The van der Waals surface area contributed by atoms with Crippen molar-refractivity contribution in [3.63, 3.8) is 0 Å². The lowest BCUT2D eigenvalue weighted by Gasteiger charge is -2.19. The third kappa shape index (κ3) is 6.84. The average Bonchev–Trinajstić information content (AvgIpc) is 2.73. The van der Waals surface area contributed by atoms with Crippen molar-refractivity contribution in [1.29, 1.82) is 0 Å². The van der Waals surface area contributed by atoms with Crippen molar-refractivity contribution in [2.24, 2.45) is 5.92 Å². The molecule has 0 aliphatic rings. The number of ether oxygens (including phenoxy) is 1. The van der Waals surface area contributed by atoms with E-state index in [1.807, 2.05) is 19.9 Å². The lowest BCUT2D eigenvalue weighted by atomic mass is 10.1. The Hall–Kier alpha value is -2.93. The topological polar surface area (TPSA) is 70.7 Å². The van der Waals surface area contributed by atoms with Gasteiger partial charge in [-0.15, -0.1) is 0 Å². The monoisotopic (exact) mass is 427 g/mol. The van der Waals surface area contributed by atoms with Gasteiger partial charge in [0.15, 0.2) is 5.11 Å². The smallest absolute Gasteiger partial charge is 0.257 e. The van der Waals surface area contributed by atoms with E-state index in [0.29, 0.717) is 48.2 Å². The quantitative estimate of drug-likeness (QED) is 0.614. The Labute approximate surface area is 183 Å². The second kappa shape index (κ2) is 11.3. The Bertz CT molecular complexity index is 895. The molecule has 30 heavy (non-hydrogen) atoms. The highest BCUT2D eigenvalue weighted by molar-refractivity contribution is 7.80. The van der Waals surface area contributed by atoms with Gasteiger partial charge in [0, 0.05) is 29.9 Å². The molecule has 160 valence electrons. The minimum atomic E-state index is -0.335. The SMILES string of the molecule is CCN(CC)C(=O)c1cccc(NC(=S)NC(=O)c2cccc(OCC(C)C)c2)c1. The van der Waals surface area contributed by atoms with Gasteiger partial charge >= 0.3 is 0 Å². The second-order valence-electron chi connectivity index (χ2n) is 7.20. The Morgan fingerprint density at radius 3 is 2.37 bits per heavy atom. The number of hydrogen-bond acceptors (Lipinski definition) is 4. The van der Waals surface area contributed by atoms with Crippen LogP contribution in [-0.2, 0) is 0 Å². The first-order chi connectivity index (χ1) is 14.3. The molecule has 7 heteroatoms. The van der Waals surface area contributed by atoms with Crippen molar-refractivity contribution in [1.82, 2.24) is 10.2 Å². The van der Waals surface area contributed by atoms with Crippen molar-refractivity contribution in [3.05, 3.63) is 59.7 Å². The zero-order valence-electron chi connectivity index (χ0n) is 17.9. The number of rotatable bonds is 8. The molecule has 0 aliphatic carbocycles. The molecular formula is C23H29N3O3S. The molecule has 2 aromatic rings. The van der Waals surface area contributed by atoms with E-state index in [2.05, 4.69) is 24.5 Å². The van der Waals surface area contributed by atoms with Crippen molar-refractivity contribution < 1.29 is 14.3 Å². The molecule has 2 aromatic carbocycles. The number of hydrogen-bond donors (Lipinski definition) is 2. The molecule has 0 saturated heterocycles. The van der Waals surface area contributed by atoms with Crippen molar-refractivity contribution in [2.45, 2.75) is 27.7 Å². The van der Waals surface area contributed by atoms with Crippen LogP contribution in [-0.4, -0.2) is 41.5 Å². The van der Waals surface area contributed by atoms with Gasteiger partial charge < -0.3 is 15.0 Å². The first-order valence-corrected chi connectivity index (χ1v) is 10.5. The third-order valence-electron chi connectivity index (χ3n) is 4.32. The Balaban J connectivity index is 2.00. The van der Waals surface area contributed by atoms with Gasteiger partial charge in [-0.1, -0.05) is 26.0 Å². The number of carbonyl (C=O) groups is 2. The van der Waals surface area contributed by atoms with E-state index in [-0.39, 0.29) is 16.9 Å². The Kier molecular flexibility index (Phi) is 8.80. The minimum Gasteiger partial charge on any atom is -0.493 e. The summed E-state index contributed by atoms with van der Waals surface area (Å²) < 4.78 is 5.67. The van der Waals surface area contributed by atoms with E-state index >= 15 is 0 Å². The molecule has 0 fully saturated rings. The van der Waals surface area contributed by atoms with Crippen LogP contribution in [0, 0.1) is 5.92 Å². The second-order valence-corrected chi connectivity index (χ2v) is 7.61. The van der Waals surface area contributed by atoms with E-state index in [9.17, 15) is 9.59 Å². The molecule has 0 heterocycles. The maximum Gasteiger partial charge on any atom is 0.257 e. The van der Waals surface area contributed by atoms with Crippen molar-refractivity contribution in [2.75, 3.05) is 25.0 Å². The van der Waals surface area contributed by atoms with Gasteiger partial charge in [0.05, 0.1) is 6.61 Å². The summed E-state index contributed by atoms with van der Waals surface area (Å²) in [6, 6.07) is 14.0. The lowest BCUT2D eigenvalue weighted by molar-refractivity contribution is 0.0772. The van der Waals surface area contributed by atoms with Crippen LogP contribution in [0.25, 0.3) is 0 Å². The van der Waals surface area contributed by atoms with Gasteiger partial charge in [-0.25, -0.2) is 0 Å². The molecule has 0 spiro atoms. The van der Waals surface area contributed by atoms with Gasteiger partial charge in [0.2, 0.25) is 0 Å². The summed E-state index contributed by atoms with van der Waals surface area (Å²) in [5.41, 5.74) is 1.64. The molecule has 0 unspecified atom stereocenters. The number of nitrogens with one attached hydrogen (secondary N) is 2. The maximum atomic E-state index is 12.5. The van der Waals surface area contributed by atoms with E-state index < -0.39 is 0 Å². The Morgan fingerprint density at radius 2 is 1.70 bits per heavy atom. The number of nitrogens with zero attached hydrogens (tertiary/aromatic N) is 1. The highest BCUT2D eigenvalue weighted by Crippen LogP contribution is 2.15. The summed E-state index contributed by atoms with van der Waals surface area (Å²) in [6.07, 6.45) is 0. The van der Waals surface area contributed by atoms with Gasteiger partial charge in [-0.2, -0.15) is 0 Å². The van der Waals surface area contributed by atoms with E-state index in [4.69, 9.17) is 17.0 Å². The summed E-state index contributed by atoms with van der Waals surface area (Å²) in [6.45, 7) is 9.86. The van der Waals surface area contributed by atoms with Crippen LogP contribution >= 0.6 is 12.2 Å². The van der Waals surface area contributed by atoms with Gasteiger partial charge in [0.25, 0.3) is 11.8 Å². The molecule has 0 saturated carbocycles. The molecule has 0 atom stereocenters. The van der Waals surface area contributed by atoms with Gasteiger partial charge in [-0.05, 0) is 68.4 Å². The first-order valence-electron chi connectivity index (χ1n) is 10.1. The number of thiocarbonyl (C=S) groups is 1. The van der Waals surface area contributed by atoms with Crippen LogP contribution in [0.3, 0.4) is 0 Å². The summed E-state index contributed by atoms with van der Waals surface area (Å²) in [7, 11) is 0. The molecule has 2 rings (SSSR count).